The molecule has 0 unspecified atom stereocenters. The van der Waals surface area contributed by atoms with Crippen LogP contribution in [0.2, 0.25) is 0 Å². The van der Waals surface area contributed by atoms with Crippen molar-refractivity contribution in [2.24, 2.45) is 5.92 Å². The second-order valence-electron chi connectivity index (χ2n) is 9.15. The molecule has 1 aromatic rings. The van der Waals surface area contributed by atoms with Gasteiger partial charge in [0.05, 0.1) is 13.2 Å². The van der Waals surface area contributed by atoms with Crippen LogP contribution in [0.15, 0.2) is 24.3 Å². The first-order chi connectivity index (χ1) is 13.7. The van der Waals surface area contributed by atoms with Crippen molar-refractivity contribution >= 4 is 0 Å². The molecule has 0 bridgehead atoms. The number of rotatable bonds is 5. The summed E-state index contributed by atoms with van der Waals surface area (Å²) in [6, 6.07) is 9.61. The third-order valence-electron chi connectivity index (χ3n) is 6.59. The average Bonchev–Trinajstić information content (AvgIpc) is 3.47. The fourth-order valence-electron chi connectivity index (χ4n) is 4.93. The lowest BCUT2D eigenvalue weighted by molar-refractivity contribution is -0.0649. The minimum absolute atomic E-state index is 0.258. The summed E-state index contributed by atoms with van der Waals surface area (Å²) >= 11 is 0. The smallest absolute Gasteiger partial charge is 0.0600 e. The van der Waals surface area contributed by atoms with E-state index in [4.69, 9.17) is 0 Å². The van der Waals surface area contributed by atoms with Crippen LogP contribution in [0.4, 0.5) is 0 Å². The van der Waals surface area contributed by atoms with Crippen LogP contribution in [-0.4, -0.2) is 85.3 Å². The van der Waals surface area contributed by atoms with Crippen molar-refractivity contribution in [3.8, 4) is 11.8 Å². The lowest BCUT2D eigenvalue weighted by Crippen LogP contribution is -2.67. The predicted molar refractivity (Wildman–Crippen MR) is 114 cm³/mol. The van der Waals surface area contributed by atoms with Gasteiger partial charge in [-0.25, -0.2) is 0 Å². The Morgan fingerprint density at radius 3 is 2.54 bits per heavy atom. The summed E-state index contributed by atoms with van der Waals surface area (Å²) in [7, 11) is 4.08. The molecule has 2 saturated heterocycles. The quantitative estimate of drug-likeness (QED) is 0.793. The standard InChI is InChI=1S/C24H35N3O/c1-25(2)13-5-6-19-9-11-21(12-10-19)24-22-17-26(16-20-7-8-20)14-3-4-15-27(22)23(24)18-28/h9-12,20,22-24,28H,3-4,7-8,13-18H2,1-2H3/t22-,23-,24-/m0/s1. The number of hydrogen-bond acceptors (Lipinski definition) is 4. The van der Waals surface area contributed by atoms with E-state index in [0.717, 1.165) is 31.1 Å². The topological polar surface area (TPSA) is 30.0 Å². The lowest BCUT2D eigenvalue weighted by Gasteiger charge is -2.57. The summed E-state index contributed by atoms with van der Waals surface area (Å²) in [5.41, 5.74) is 2.45. The Labute approximate surface area is 170 Å². The summed E-state index contributed by atoms with van der Waals surface area (Å²) in [5, 5.41) is 10.1. The van der Waals surface area contributed by atoms with Crippen LogP contribution < -0.4 is 0 Å². The molecule has 0 aromatic heterocycles. The van der Waals surface area contributed by atoms with Crippen molar-refractivity contribution in [2.45, 2.75) is 43.7 Å². The fraction of sp³-hybridized carbons (Fsp3) is 0.667. The van der Waals surface area contributed by atoms with Crippen LogP contribution in [0, 0.1) is 17.8 Å². The Morgan fingerprint density at radius 2 is 1.86 bits per heavy atom. The van der Waals surface area contributed by atoms with Gasteiger partial charge in [-0.05, 0) is 76.5 Å². The van der Waals surface area contributed by atoms with E-state index in [-0.39, 0.29) is 12.6 Å². The zero-order valence-corrected chi connectivity index (χ0v) is 17.5. The zero-order chi connectivity index (χ0) is 19.5. The van der Waals surface area contributed by atoms with Gasteiger partial charge in [0.25, 0.3) is 0 Å². The van der Waals surface area contributed by atoms with Crippen LogP contribution in [-0.2, 0) is 0 Å². The van der Waals surface area contributed by atoms with Crippen molar-refractivity contribution in [3.63, 3.8) is 0 Å². The molecular weight excluding hydrogens is 346 g/mol. The average molecular weight is 382 g/mol. The highest BCUT2D eigenvalue weighted by atomic mass is 16.3. The molecule has 0 amide bonds. The molecule has 152 valence electrons. The van der Waals surface area contributed by atoms with Gasteiger partial charge < -0.3 is 10.0 Å². The van der Waals surface area contributed by atoms with E-state index >= 15 is 0 Å². The summed E-state index contributed by atoms with van der Waals surface area (Å²) in [6.07, 6.45) is 5.38. The van der Waals surface area contributed by atoms with Crippen molar-refractivity contribution in [1.29, 1.82) is 0 Å². The Balaban J connectivity index is 1.47. The van der Waals surface area contributed by atoms with Gasteiger partial charge in [-0.1, -0.05) is 24.0 Å². The van der Waals surface area contributed by atoms with Gasteiger partial charge in [-0.15, -0.1) is 0 Å². The summed E-state index contributed by atoms with van der Waals surface area (Å²) in [6.45, 7) is 5.86. The molecule has 28 heavy (non-hydrogen) atoms. The van der Waals surface area contributed by atoms with Gasteiger partial charge in [0.1, 0.15) is 0 Å². The maximum atomic E-state index is 10.1. The summed E-state index contributed by atoms with van der Waals surface area (Å²) in [5.74, 6) is 7.85. The van der Waals surface area contributed by atoms with E-state index in [9.17, 15) is 5.11 Å². The highest BCUT2D eigenvalue weighted by Gasteiger charge is 2.49. The molecule has 1 aromatic carbocycles. The molecule has 3 atom stereocenters. The Kier molecular flexibility index (Phi) is 6.38. The SMILES string of the molecule is CN(C)CC#Cc1ccc([C@@H]2[C@H](CO)N3CCCCN(CC4CC4)C[C@@H]23)cc1. The number of aliphatic hydroxyl groups excluding tert-OH is 1. The van der Waals surface area contributed by atoms with Crippen molar-refractivity contribution in [3.05, 3.63) is 35.4 Å². The van der Waals surface area contributed by atoms with Gasteiger partial charge in [0.15, 0.2) is 0 Å². The number of nitrogens with zero attached hydrogens (tertiary/aromatic N) is 3. The molecule has 1 N–H and O–H groups in total. The maximum Gasteiger partial charge on any atom is 0.0600 e. The van der Waals surface area contributed by atoms with Crippen molar-refractivity contribution in [1.82, 2.24) is 14.7 Å². The van der Waals surface area contributed by atoms with Gasteiger partial charge in [-0.2, -0.15) is 0 Å². The maximum absolute atomic E-state index is 10.1. The molecule has 1 aliphatic carbocycles. The van der Waals surface area contributed by atoms with E-state index in [1.54, 1.807) is 0 Å². The van der Waals surface area contributed by atoms with E-state index in [1.807, 2.05) is 14.1 Å². The molecular formula is C24H35N3O. The number of fused-ring (bicyclic) bond motifs is 1. The molecule has 3 aliphatic rings. The first kappa shape index (κ1) is 19.9. The second-order valence-corrected chi connectivity index (χ2v) is 9.15. The fourth-order valence-corrected chi connectivity index (χ4v) is 4.93. The first-order valence-corrected chi connectivity index (χ1v) is 11.0. The number of aliphatic hydroxyl groups is 1. The van der Waals surface area contributed by atoms with E-state index in [2.05, 4.69) is 50.8 Å². The predicted octanol–water partition coefficient (Wildman–Crippen LogP) is 2.23. The largest absolute Gasteiger partial charge is 0.395 e. The van der Waals surface area contributed by atoms with Crippen molar-refractivity contribution in [2.75, 3.05) is 53.4 Å². The third-order valence-corrected chi connectivity index (χ3v) is 6.59. The van der Waals surface area contributed by atoms with Gasteiger partial charge in [0, 0.05) is 36.7 Å². The number of benzene rings is 1. The third kappa shape index (κ3) is 4.60. The minimum atomic E-state index is 0.258. The summed E-state index contributed by atoms with van der Waals surface area (Å²) < 4.78 is 0. The van der Waals surface area contributed by atoms with Gasteiger partial charge in [-0.3, -0.25) is 9.80 Å². The molecule has 0 radical (unpaired) electrons. The highest BCUT2D eigenvalue weighted by Crippen LogP contribution is 2.42. The van der Waals surface area contributed by atoms with E-state index in [1.165, 1.54) is 44.3 Å². The molecule has 0 spiro atoms. The molecule has 1 saturated carbocycles. The highest BCUT2D eigenvalue weighted by molar-refractivity contribution is 5.39. The molecule has 3 fully saturated rings. The van der Waals surface area contributed by atoms with Crippen LogP contribution >= 0.6 is 0 Å². The Bertz CT molecular complexity index is 701. The number of hydrogen-bond donors (Lipinski definition) is 1. The van der Waals surface area contributed by atoms with E-state index < -0.39 is 0 Å². The molecule has 2 aliphatic heterocycles. The monoisotopic (exact) mass is 381 g/mol. The Hall–Kier alpha value is -1.38. The first-order valence-electron chi connectivity index (χ1n) is 11.0. The van der Waals surface area contributed by atoms with Crippen LogP contribution in [0.25, 0.3) is 0 Å². The second kappa shape index (κ2) is 8.97. The van der Waals surface area contributed by atoms with Gasteiger partial charge >= 0.3 is 0 Å². The van der Waals surface area contributed by atoms with Crippen LogP contribution in [0.5, 0.6) is 0 Å². The van der Waals surface area contributed by atoms with Gasteiger partial charge in [0.2, 0.25) is 0 Å². The lowest BCUT2D eigenvalue weighted by atomic mass is 9.74. The van der Waals surface area contributed by atoms with E-state index in [0.29, 0.717) is 12.0 Å². The minimum Gasteiger partial charge on any atom is -0.395 e. The summed E-state index contributed by atoms with van der Waals surface area (Å²) in [4.78, 5) is 7.36. The van der Waals surface area contributed by atoms with Crippen LogP contribution in [0.1, 0.15) is 42.7 Å². The molecule has 2 heterocycles. The zero-order valence-electron chi connectivity index (χ0n) is 17.5. The van der Waals surface area contributed by atoms with Crippen molar-refractivity contribution < 1.29 is 5.11 Å². The van der Waals surface area contributed by atoms with Crippen LogP contribution in [0.3, 0.4) is 0 Å². The molecule has 4 rings (SSSR count). The molecule has 4 heteroatoms. The molecule has 4 nitrogen and oxygen atoms in total. The Morgan fingerprint density at radius 1 is 1.11 bits per heavy atom. The normalized spacial score (nSPS) is 28.6.